The van der Waals surface area contributed by atoms with E-state index in [-0.39, 0.29) is 29.8 Å². The van der Waals surface area contributed by atoms with Crippen molar-refractivity contribution in [3.8, 4) is 0 Å². The van der Waals surface area contributed by atoms with Gasteiger partial charge in [-0.1, -0.05) is 6.07 Å². The topological polar surface area (TPSA) is 52.6 Å². The van der Waals surface area contributed by atoms with Gasteiger partial charge in [0.05, 0.1) is 5.01 Å². The van der Waals surface area contributed by atoms with Gasteiger partial charge in [0.1, 0.15) is 5.82 Å². The van der Waals surface area contributed by atoms with E-state index in [1.54, 1.807) is 19.2 Å². The Morgan fingerprint density at radius 1 is 1.24 bits per heavy atom. The number of aromatic nitrogens is 1. The number of hydrogen-bond acceptors (Lipinski definition) is 4. The summed E-state index contributed by atoms with van der Waals surface area (Å²) in [6, 6.07) is 4.93. The second-order valence-corrected chi connectivity index (χ2v) is 7.33. The van der Waals surface area contributed by atoms with Crippen LogP contribution in [-0.4, -0.2) is 43.5 Å². The summed E-state index contributed by atoms with van der Waals surface area (Å²) in [5.74, 6) is 0.257. The highest BCUT2D eigenvalue weighted by molar-refractivity contribution is 14.0. The number of guanidine groups is 1. The first-order valence-corrected chi connectivity index (χ1v) is 9.45. The zero-order valence-corrected chi connectivity index (χ0v) is 19.5. The molecule has 1 aromatic heterocycles. The lowest BCUT2D eigenvalue weighted by atomic mass is 10.1. The molecule has 11 heteroatoms. The molecule has 0 spiro atoms. The average Bonchev–Trinajstić information content (AvgIpc) is 3.09. The first-order valence-electron chi connectivity index (χ1n) is 8.57. The number of rotatable bonds is 7. The van der Waals surface area contributed by atoms with Crippen molar-refractivity contribution in [2.45, 2.75) is 25.7 Å². The lowest BCUT2D eigenvalue weighted by Crippen LogP contribution is -2.37. The summed E-state index contributed by atoms with van der Waals surface area (Å²) >= 11 is 0.983. The van der Waals surface area contributed by atoms with Gasteiger partial charge in [0.15, 0.2) is 11.7 Å². The Balaban J connectivity index is 0.00000420. The number of benzene rings is 1. The molecule has 0 unspecified atom stereocenters. The maximum Gasteiger partial charge on any atom is 0.434 e. The van der Waals surface area contributed by atoms with Gasteiger partial charge in [0, 0.05) is 44.0 Å². The second-order valence-electron chi connectivity index (χ2n) is 6.39. The van der Waals surface area contributed by atoms with E-state index in [4.69, 9.17) is 0 Å². The van der Waals surface area contributed by atoms with E-state index in [0.717, 1.165) is 22.3 Å². The third-order valence-electron chi connectivity index (χ3n) is 3.75. The lowest BCUT2D eigenvalue weighted by molar-refractivity contribution is -0.140. The molecule has 2 rings (SSSR count). The normalized spacial score (nSPS) is 12.1. The number of alkyl halides is 3. The molecule has 1 aromatic carbocycles. The predicted octanol–water partition coefficient (Wildman–Crippen LogP) is 3.89. The summed E-state index contributed by atoms with van der Waals surface area (Å²) in [6.45, 7) is 1.33. The van der Waals surface area contributed by atoms with Crippen molar-refractivity contribution < 1.29 is 17.6 Å². The fourth-order valence-electron chi connectivity index (χ4n) is 2.45. The van der Waals surface area contributed by atoms with E-state index in [1.807, 2.05) is 19.0 Å². The molecule has 0 fully saturated rings. The molecule has 0 radical (unpaired) electrons. The Hall–Kier alpha value is -1.47. The van der Waals surface area contributed by atoms with Crippen LogP contribution in [0.2, 0.25) is 0 Å². The highest BCUT2D eigenvalue weighted by Crippen LogP contribution is 2.29. The molecule has 2 N–H and O–H groups in total. The molecule has 0 aliphatic carbocycles. The third kappa shape index (κ3) is 8.42. The Bertz CT molecular complexity index is 808. The molecule has 0 aliphatic rings. The third-order valence-corrected chi connectivity index (χ3v) is 4.66. The van der Waals surface area contributed by atoms with Crippen LogP contribution in [0.5, 0.6) is 0 Å². The van der Waals surface area contributed by atoms with Crippen LogP contribution >= 0.6 is 35.3 Å². The Labute approximate surface area is 188 Å². The van der Waals surface area contributed by atoms with Gasteiger partial charge >= 0.3 is 6.18 Å². The van der Waals surface area contributed by atoms with E-state index >= 15 is 0 Å². The summed E-state index contributed by atoms with van der Waals surface area (Å²) in [6.07, 6.45) is -4.06. The van der Waals surface area contributed by atoms with Crippen molar-refractivity contribution in [3.05, 3.63) is 51.2 Å². The number of hydrogen-bond donors (Lipinski definition) is 2. The standard InChI is InChI=1S/C18H23F4N5S.HI/c1-23-17(24-7-6-16-26-15(11-28-16)18(20,21)22)25-9-12-4-5-14(19)13(8-12)10-27(2)3;/h4-5,8,11H,6-7,9-10H2,1-3H3,(H2,23,24,25);1H. The van der Waals surface area contributed by atoms with Crippen molar-refractivity contribution in [1.82, 2.24) is 20.5 Å². The Morgan fingerprint density at radius 2 is 1.97 bits per heavy atom. The summed E-state index contributed by atoms with van der Waals surface area (Å²) in [5, 5.41) is 7.56. The van der Waals surface area contributed by atoms with E-state index in [2.05, 4.69) is 20.6 Å². The average molecular weight is 545 g/mol. The van der Waals surface area contributed by atoms with Gasteiger partial charge in [-0.25, -0.2) is 9.37 Å². The lowest BCUT2D eigenvalue weighted by Gasteiger charge is -2.14. The summed E-state index contributed by atoms with van der Waals surface area (Å²) in [7, 11) is 5.34. The molecule has 5 nitrogen and oxygen atoms in total. The molecule has 0 aliphatic heterocycles. The fraction of sp³-hybridized carbons (Fsp3) is 0.444. The molecule has 0 amide bonds. The van der Waals surface area contributed by atoms with Gasteiger partial charge in [-0.05, 0) is 31.8 Å². The van der Waals surface area contributed by atoms with Crippen LogP contribution in [0, 0.1) is 5.82 Å². The van der Waals surface area contributed by atoms with Gasteiger partial charge in [0.2, 0.25) is 0 Å². The number of thiazole rings is 1. The summed E-state index contributed by atoms with van der Waals surface area (Å²) < 4.78 is 51.5. The predicted molar refractivity (Wildman–Crippen MR) is 118 cm³/mol. The molecule has 1 heterocycles. The van der Waals surface area contributed by atoms with E-state index in [9.17, 15) is 17.6 Å². The molecule has 0 saturated heterocycles. The minimum Gasteiger partial charge on any atom is -0.356 e. The maximum atomic E-state index is 13.8. The SMILES string of the molecule is CN=C(NCCc1nc(C(F)(F)F)cs1)NCc1ccc(F)c(CN(C)C)c1.I. The molecule has 2 aromatic rings. The van der Waals surface area contributed by atoms with E-state index < -0.39 is 11.9 Å². The van der Waals surface area contributed by atoms with Crippen LogP contribution in [-0.2, 0) is 25.7 Å². The van der Waals surface area contributed by atoms with Crippen molar-refractivity contribution in [2.24, 2.45) is 4.99 Å². The van der Waals surface area contributed by atoms with Crippen LogP contribution in [0.15, 0.2) is 28.6 Å². The molecule has 0 atom stereocenters. The smallest absolute Gasteiger partial charge is 0.356 e. The molecule has 29 heavy (non-hydrogen) atoms. The van der Waals surface area contributed by atoms with Crippen LogP contribution in [0.1, 0.15) is 21.8 Å². The highest BCUT2D eigenvalue weighted by Gasteiger charge is 2.33. The molecular weight excluding hydrogens is 521 g/mol. The van der Waals surface area contributed by atoms with Gasteiger partial charge in [-0.15, -0.1) is 35.3 Å². The minimum atomic E-state index is -4.42. The van der Waals surface area contributed by atoms with Crippen molar-refractivity contribution in [1.29, 1.82) is 0 Å². The van der Waals surface area contributed by atoms with Crippen LogP contribution < -0.4 is 10.6 Å². The molecule has 162 valence electrons. The van der Waals surface area contributed by atoms with Gasteiger partial charge < -0.3 is 15.5 Å². The van der Waals surface area contributed by atoms with E-state index in [0.29, 0.717) is 42.6 Å². The van der Waals surface area contributed by atoms with E-state index in [1.165, 1.54) is 6.07 Å². The second kappa shape index (κ2) is 11.6. The van der Waals surface area contributed by atoms with Crippen LogP contribution in [0.3, 0.4) is 0 Å². The largest absolute Gasteiger partial charge is 0.434 e. The van der Waals surface area contributed by atoms with Crippen LogP contribution in [0.4, 0.5) is 17.6 Å². The summed E-state index contributed by atoms with van der Waals surface area (Å²) in [4.78, 5) is 9.56. The maximum absolute atomic E-state index is 13.8. The van der Waals surface area contributed by atoms with Crippen molar-refractivity contribution in [3.63, 3.8) is 0 Å². The summed E-state index contributed by atoms with van der Waals surface area (Å²) in [5.41, 5.74) is 0.646. The van der Waals surface area contributed by atoms with Crippen LogP contribution in [0.25, 0.3) is 0 Å². The highest BCUT2D eigenvalue weighted by atomic mass is 127. The van der Waals surface area contributed by atoms with Crippen molar-refractivity contribution >= 4 is 41.3 Å². The molecule has 0 saturated carbocycles. The number of halogens is 5. The first-order chi connectivity index (χ1) is 13.2. The monoisotopic (exact) mass is 545 g/mol. The van der Waals surface area contributed by atoms with Gasteiger partial charge in [-0.2, -0.15) is 13.2 Å². The first kappa shape index (κ1) is 25.6. The fourth-order valence-corrected chi connectivity index (χ4v) is 3.26. The molecule has 0 bridgehead atoms. The quantitative estimate of drug-likeness (QED) is 0.240. The Kier molecular flexibility index (Phi) is 10.3. The zero-order chi connectivity index (χ0) is 20.7. The van der Waals surface area contributed by atoms with Crippen molar-refractivity contribution in [2.75, 3.05) is 27.7 Å². The molecular formula is C18H24F4IN5S. The zero-order valence-electron chi connectivity index (χ0n) is 16.3. The minimum absolute atomic E-state index is 0. The number of nitrogens with one attached hydrogen (secondary N) is 2. The Morgan fingerprint density at radius 3 is 2.55 bits per heavy atom. The van der Waals surface area contributed by atoms with Gasteiger partial charge in [-0.3, -0.25) is 4.99 Å². The number of nitrogens with zero attached hydrogens (tertiary/aromatic N) is 3. The van der Waals surface area contributed by atoms with Gasteiger partial charge in [0.25, 0.3) is 0 Å². The number of aliphatic imine (C=N–C) groups is 1.